The van der Waals surface area contributed by atoms with Crippen molar-refractivity contribution in [2.75, 3.05) is 16.8 Å². The molecule has 12 heteroatoms. The fourth-order valence-corrected chi connectivity index (χ4v) is 4.80. The van der Waals surface area contributed by atoms with E-state index in [9.17, 15) is 40.8 Å². The maximum Gasteiger partial charge on any atom is 0.433 e. The number of likely N-dealkylation sites (N-methyl/N-ethyl adjacent to an activating group) is 1. The molecule has 0 radical (unpaired) electrons. The number of pyridine rings is 1. The van der Waals surface area contributed by atoms with Crippen LogP contribution in [0.5, 0.6) is 0 Å². The predicted molar refractivity (Wildman–Crippen MR) is 106 cm³/mol. The van der Waals surface area contributed by atoms with E-state index in [-0.39, 0.29) is 12.0 Å². The van der Waals surface area contributed by atoms with Gasteiger partial charge >= 0.3 is 12.4 Å². The molecule has 1 aliphatic heterocycles. The van der Waals surface area contributed by atoms with Gasteiger partial charge in [0.15, 0.2) is 0 Å². The van der Waals surface area contributed by atoms with Crippen molar-refractivity contribution in [1.82, 2.24) is 4.98 Å². The van der Waals surface area contributed by atoms with Crippen molar-refractivity contribution in [3.8, 4) is 6.07 Å². The number of carbonyl (C=O) groups is 1. The molecule has 1 saturated carbocycles. The zero-order valence-corrected chi connectivity index (χ0v) is 17.6. The van der Waals surface area contributed by atoms with Gasteiger partial charge in [0.2, 0.25) is 5.91 Å². The number of alkyl halides is 6. The first-order valence-corrected chi connectivity index (χ1v) is 10.2. The second kappa shape index (κ2) is 8.14. The van der Waals surface area contributed by atoms with Crippen LogP contribution in [0.15, 0.2) is 30.3 Å². The first-order chi connectivity index (χ1) is 15.8. The van der Waals surface area contributed by atoms with Gasteiger partial charge in [0, 0.05) is 18.8 Å². The van der Waals surface area contributed by atoms with Crippen molar-refractivity contribution in [2.45, 2.75) is 43.7 Å². The van der Waals surface area contributed by atoms with Gasteiger partial charge in [0.25, 0.3) is 0 Å². The van der Waals surface area contributed by atoms with E-state index in [2.05, 4.69) is 4.98 Å². The van der Waals surface area contributed by atoms with E-state index >= 15 is 0 Å². The Morgan fingerprint density at radius 1 is 1.12 bits per heavy atom. The molecule has 180 valence electrons. The van der Waals surface area contributed by atoms with Crippen LogP contribution in [-0.4, -0.2) is 30.0 Å². The summed E-state index contributed by atoms with van der Waals surface area (Å²) in [6.07, 6.45) is -9.11. The van der Waals surface area contributed by atoms with Crippen LogP contribution in [0.4, 0.5) is 42.2 Å². The lowest BCUT2D eigenvalue weighted by atomic mass is 9.96. The number of piperidine rings is 1. The summed E-state index contributed by atoms with van der Waals surface area (Å²) in [7, 11) is 1.38. The lowest BCUT2D eigenvalue weighted by Gasteiger charge is -2.38. The van der Waals surface area contributed by atoms with Crippen LogP contribution in [0.2, 0.25) is 0 Å². The summed E-state index contributed by atoms with van der Waals surface area (Å²) in [4.78, 5) is 19.1. The number of amides is 1. The van der Waals surface area contributed by atoms with Crippen molar-refractivity contribution < 1.29 is 35.5 Å². The molecule has 2 bridgehead atoms. The molecule has 0 N–H and O–H groups in total. The van der Waals surface area contributed by atoms with Crippen LogP contribution in [0, 0.1) is 23.1 Å². The van der Waals surface area contributed by atoms with Crippen molar-refractivity contribution in [3.63, 3.8) is 0 Å². The standard InChI is InChI=1S/C22H17F7N4O/c1-32(13-6-3-12(23)4-7-13)20(34)18-11-2-5-14(8-11)33(18)19-15(10-30)16(21(24,25)26)9-17(31-19)22(27,28)29/h3-4,6-7,9,11,14,18H,2,5,8H2,1H3/t11-,14+,18-/m0/s1. The number of fused-ring (bicyclic) bond motifs is 2. The monoisotopic (exact) mass is 486 g/mol. The maximum atomic E-state index is 13.6. The van der Waals surface area contributed by atoms with Gasteiger partial charge in [-0.25, -0.2) is 9.37 Å². The zero-order chi connectivity index (χ0) is 25.0. The molecule has 3 atom stereocenters. The van der Waals surface area contributed by atoms with Crippen molar-refractivity contribution in [2.24, 2.45) is 5.92 Å². The lowest BCUT2D eigenvalue weighted by Crippen LogP contribution is -2.52. The normalized spacial score (nSPS) is 22.1. The van der Waals surface area contributed by atoms with E-state index < -0.39 is 58.8 Å². The Hall–Kier alpha value is -3.36. The van der Waals surface area contributed by atoms with Gasteiger partial charge in [-0.3, -0.25) is 4.79 Å². The number of aromatic nitrogens is 1. The van der Waals surface area contributed by atoms with Gasteiger partial charge in [-0.05, 0) is 55.5 Å². The molecule has 1 saturated heterocycles. The molecular weight excluding hydrogens is 469 g/mol. The smallest absolute Gasteiger partial charge is 0.340 e. The number of hydrogen-bond acceptors (Lipinski definition) is 4. The van der Waals surface area contributed by atoms with Crippen molar-refractivity contribution in [1.29, 1.82) is 5.26 Å². The molecular formula is C22H17F7N4O. The van der Waals surface area contributed by atoms with E-state index in [4.69, 9.17) is 0 Å². The first kappa shape index (κ1) is 23.8. The molecule has 1 aromatic carbocycles. The third-order valence-corrected chi connectivity index (χ3v) is 6.34. The molecule has 0 unspecified atom stereocenters. The van der Waals surface area contributed by atoms with E-state index in [1.165, 1.54) is 30.1 Å². The van der Waals surface area contributed by atoms with Crippen molar-refractivity contribution >= 4 is 17.4 Å². The van der Waals surface area contributed by atoms with Gasteiger partial charge in [0.1, 0.15) is 35.0 Å². The SMILES string of the molecule is CN(C(=O)[C@@H]1[C@H]2CC[C@H](C2)N1c1nc(C(F)(F)F)cc(C(F)(F)F)c1C#N)c1ccc(F)cc1. The minimum Gasteiger partial charge on any atom is -0.340 e. The molecule has 2 aromatic rings. The fraction of sp³-hybridized carbons (Fsp3) is 0.409. The van der Waals surface area contributed by atoms with Crippen LogP contribution < -0.4 is 9.80 Å². The fourth-order valence-electron chi connectivity index (χ4n) is 4.80. The number of halogens is 7. The number of carbonyl (C=O) groups excluding carboxylic acids is 1. The number of rotatable bonds is 3. The summed E-state index contributed by atoms with van der Waals surface area (Å²) in [5, 5.41) is 9.50. The summed E-state index contributed by atoms with van der Waals surface area (Å²) in [5.74, 6) is -2.30. The molecule has 2 aliphatic rings. The Labute approximate surface area is 189 Å². The van der Waals surface area contributed by atoms with Gasteiger partial charge in [-0.2, -0.15) is 31.6 Å². The van der Waals surface area contributed by atoms with Crippen LogP contribution in [0.1, 0.15) is 36.1 Å². The lowest BCUT2D eigenvalue weighted by molar-refractivity contribution is -0.145. The molecule has 1 aromatic heterocycles. The highest BCUT2D eigenvalue weighted by Crippen LogP contribution is 2.48. The van der Waals surface area contributed by atoms with E-state index in [1.807, 2.05) is 0 Å². The third-order valence-electron chi connectivity index (χ3n) is 6.34. The molecule has 2 heterocycles. The van der Waals surface area contributed by atoms with Crippen LogP contribution in [0.25, 0.3) is 0 Å². The van der Waals surface area contributed by atoms with E-state index in [0.717, 1.165) is 17.0 Å². The average molecular weight is 486 g/mol. The molecule has 1 aliphatic carbocycles. The predicted octanol–water partition coefficient (Wildman–Crippen LogP) is 5.15. The Balaban J connectivity index is 1.84. The van der Waals surface area contributed by atoms with E-state index in [1.54, 1.807) is 0 Å². The number of anilines is 2. The molecule has 34 heavy (non-hydrogen) atoms. The van der Waals surface area contributed by atoms with Gasteiger partial charge in [-0.15, -0.1) is 0 Å². The molecule has 4 rings (SSSR count). The number of hydrogen-bond donors (Lipinski definition) is 0. The first-order valence-electron chi connectivity index (χ1n) is 10.2. The summed E-state index contributed by atoms with van der Waals surface area (Å²) in [5.41, 5.74) is -4.32. The summed E-state index contributed by atoms with van der Waals surface area (Å²) in [6, 6.07) is 4.39. The second-order valence-electron chi connectivity index (χ2n) is 8.31. The highest BCUT2D eigenvalue weighted by atomic mass is 19.4. The quantitative estimate of drug-likeness (QED) is 0.563. The minimum absolute atomic E-state index is 0.183. The summed E-state index contributed by atoms with van der Waals surface area (Å²) >= 11 is 0. The largest absolute Gasteiger partial charge is 0.433 e. The maximum absolute atomic E-state index is 13.6. The molecule has 1 amide bonds. The average Bonchev–Trinajstić information content (AvgIpc) is 3.38. The Bertz CT molecular complexity index is 1150. The third kappa shape index (κ3) is 4.03. The van der Waals surface area contributed by atoms with Gasteiger partial charge < -0.3 is 9.80 Å². The number of nitrogens with zero attached hydrogens (tertiary/aromatic N) is 4. The molecule has 5 nitrogen and oxygen atoms in total. The highest BCUT2D eigenvalue weighted by Gasteiger charge is 2.53. The Morgan fingerprint density at radius 3 is 2.32 bits per heavy atom. The van der Waals surface area contributed by atoms with Crippen LogP contribution in [-0.2, 0) is 17.1 Å². The molecule has 0 spiro atoms. The zero-order valence-electron chi connectivity index (χ0n) is 17.6. The summed E-state index contributed by atoms with van der Waals surface area (Å²) in [6.45, 7) is 0. The number of nitriles is 1. The Morgan fingerprint density at radius 2 is 1.76 bits per heavy atom. The number of benzene rings is 1. The topological polar surface area (TPSA) is 60.2 Å². The van der Waals surface area contributed by atoms with Crippen LogP contribution >= 0.6 is 0 Å². The summed E-state index contributed by atoms with van der Waals surface area (Å²) < 4.78 is 94.5. The van der Waals surface area contributed by atoms with Gasteiger partial charge in [0.05, 0.1) is 5.56 Å². The molecule has 2 fully saturated rings. The van der Waals surface area contributed by atoms with Crippen molar-refractivity contribution in [3.05, 3.63) is 53.0 Å². The van der Waals surface area contributed by atoms with Gasteiger partial charge in [-0.1, -0.05) is 0 Å². The van der Waals surface area contributed by atoms with Crippen LogP contribution in [0.3, 0.4) is 0 Å². The highest BCUT2D eigenvalue weighted by molar-refractivity contribution is 5.99. The van der Waals surface area contributed by atoms with E-state index in [0.29, 0.717) is 24.9 Å². The minimum atomic E-state index is -5.24. The Kier molecular flexibility index (Phi) is 5.70. The second-order valence-corrected chi connectivity index (χ2v) is 8.31.